The average Bonchev–Trinajstić information content (AvgIpc) is 2.57. The van der Waals surface area contributed by atoms with Gasteiger partial charge in [0.25, 0.3) is 5.88 Å². The van der Waals surface area contributed by atoms with Crippen LogP contribution in [0, 0.1) is 17.1 Å². The van der Waals surface area contributed by atoms with Crippen LogP contribution < -0.4 is 0 Å². The summed E-state index contributed by atoms with van der Waals surface area (Å²) in [6, 6.07) is 10.1. The van der Waals surface area contributed by atoms with Gasteiger partial charge in [-0.25, -0.2) is 0 Å². The topological polar surface area (TPSA) is 61.8 Å². The number of benzene rings is 1. The highest BCUT2D eigenvalue weighted by atomic mass is 19.1. The van der Waals surface area contributed by atoms with Crippen LogP contribution in [0.15, 0.2) is 30.3 Å². The maximum atomic E-state index is 13.2. The summed E-state index contributed by atoms with van der Waals surface area (Å²) in [6.45, 7) is 0. The molecule has 15 heavy (non-hydrogen) atoms. The minimum absolute atomic E-state index is 0.420. The van der Waals surface area contributed by atoms with Crippen LogP contribution in [0.4, 0.5) is 4.39 Å². The highest BCUT2D eigenvalue weighted by molar-refractivity contribution is 5.38. The summed E-state index contributed by atoms with van der Waals surface area (Å²) in [6.07, 6.45) is 0. The molecule has 0 saturated heterocycles. The Morgan fingerprint density at radius 2 is 2.00 bits per heavy atom. The molecule has 0 spiro atoms. The number of nitrogens with zero attached hydrogens (tertiary/aromatic N) is 3. The quantitative estimate of drug-likeness (QED) is 0.765. The van der Waals surface area contributed by atoms with E-state index in [1.165, 1.54) is 0 Å². The van der Waals surface area contributed by atoms with Crippen molar-refractivity contribution in [3.63, 3.8) is 0 Å². The number of aromatic hydroxyl groups is 1. The normalized spacial score (nSPS) is 9.87. The number of nitriles is 1. The summed E-state index contributed by atoms with van der Waals surface area (Å²) in [7, 11) is 0. The van der Waals surface area contributed by atoms with Crippen LogP contribution in [0.3, 0.4) is 0 Å². The highest BCUT2D eigenvalue weighted by Gasteiger charge is 2.17. The van der Waals surface area contributed by atoms with E-state index in [9.17, 15) is 9.50 Å². The van der Waals surface area contributed by atoms with Crippen molar-refractivity contribution >= 4 is 0 Å². The summed E-state index contributed by atoms with van der Waals surface area (Å²) in [5.41, 5.74) is 0.0757. The minimum atomic E-state index is -0.999. The molecule has 4 nitrogen and oxygen atoms in total. The van der Waals surface area contributed by atoms with E-state index in [1.807, 2.05) is 0 Å². The van der Waals surface area contributed by atoms with Crippen molar-refractivity contribution in [2.45, 2.75) is 0 Å². The Bertz CT molecular complexity index is 528. The van der Waals surface area contributed by atoms with E-state index in [0.717, 1.165) is 4.68 Å². The second-order valence-corrected chi connectivity index (χ2v) is 2.85. The molecular weight excluding hydrogens is 197 g/mol. The lowest BCUT2D eigenvalue weighted by Gasteiger charge is -2.00. The molecule has 0 amide bonds. The second kappa shape index (κ2) is 3.42. The average molecular weight is 203 g/mol. The van der Waals surface area contributed by atoms with Crippen LogP contribution in [-0.4, -0.2) is 14.9 Å². The summed E-state index contributed by atoms with van der Waals surface area (Å²) in [5, 5.41) is 21.5. The third-order valence-corrected chi connectivity index (χ3v) is 1.91. The van der Waals surface area contributed by atoms with Crippen LogP contribution in [0.2, 0.25) is 0 Å². The minimum Gasteiger partial charge on any atom is -0.491 e. The maximum Gasteiger partial charge on any atom is 0.252 e. The van der Waals surface area contributed by atoms with Crippen molar-refractivity contribution in [2.75, 3.05) is 0 Å². The number of halogens is 1. The van der Waals surface area contributed by atoms with Crippen molar-refractivity contribution < 1.29 is 9.50 Å². The molecule has 0 saturated carbocycles. The van der Waals surface area contributed by atoms with Gasteiger partial charge in [0.15, 0.2) is 0 Å². The molecule has 0 aliphatic heterocycles. The second-order valence-electron chi connectivity index (χ2n) is 2.85. The number of aromatic nitrogens is 2. The lowest BCUT2D eigenvalue weighted by molar-refractivity contribution is 0.401. The van der Waals surface area contributed by atoms with Crippen LogP contribution in [0.25, 0.3) is 5.69 Å². The Hall–Kier alpha value is -2.35. The summed E-state index contributed by atoms with van der Waals surface area (Å²) < 4.78 is 14.1. The fraction of sp³-hybridized carbons (Fsp3) is 0. The lowest BCUT2D eigenvalue weighted by atomic mass is 10.3. The van der Waals surface area contributed by atoms with Gasteiger partial charge in [-0.2, -0.15) is 19.4 Å². The monoisotopic (exact) mass is 203 g/mol. The van der Waals surface area contributed by atoms with Gasteiger partial charge >= 0.3 is 0 Å². The predicted octanol–water partition coefficient (Wildman–Crippen LogP) is 1.59. The summed E-state index contributed by atoms with van der Waals surface area (Å²) in [4.78, 5) is 0. The summed E-state index contributed by atoms with van der Waals surface area (Å²) in [5.74, 6) is -1.65. The Morgan fingerprint density at radius 1 is 1.33 bits per heavy atom. The molecule has 1 aromatic heterocycles. The number of para-hydroxylation sites is 1. The molecule has 0 fully saturated rings. The standard InChI is InChI=1S/C10H6FN3O/c11-9-8(6-12)13-14(10(9)15)7-4-2-1-3-5-7/h1-5,15H. The fourth-order valence-corrected chi connectivity index (χ4v) is 1.21. The molecule has 1 N–H and O–H groups in total. The Balaban J connectivity index is 2.61. The van der Waals surface area contributed by atoms with E-state index < -0.39 is 17.4 Å². The first-order valence-electron chi connectivity index (χ1n) is 4.17. The van der Waals surface area contributed by atoms with Gasteiger partial charge in [0.2, 0.25) is 11.5 Å². The van der Waals surface area contributed by atoms with E-state index in [4.69, 9.17) is 5.26 Å². The molecule has 1 heterocycles. The highest BCUT2D eigenvalue weighted by Crippen LogP contribution is 2.22. The van der Waals surface area contributed by atoms with Crippen molar-refractivity contribution in [2.24, 2.45) is 0 Å². The first-order chi connectivity index (χ1) is 7.24. The molecular formula is C10H6FN3O. The van der Waals surface area contributed by atoms with E-state index in [1.54, 1.807) is 36.4 Å². The molecule has 0 aliphatic carbocycles. The van der Waals surface area contributed by atoms with Gasteiger partial charge in [-0.15, -0.1) is 0 Å². The van der Waals surface area contributed by atoms with Crippen molar-refractivity contribution in [1.82, 2.24) is 9.78 Å². The zero-order valence-electron chi connectivity index (χ0n) is 7.55. The molecule has 0 unspecified atom stereocenters. The van der Waals surface area contributed by atoms with Gasteiger partial charge in [0, 0.05) is 0 Å². The van der Waals surface area contributed by atoms with Crippen molar-refractivity contribution in [1.29, 1.82) is 5.26 Å². The van der Waals surface area contributed by atoms with Crippen LogP contribution >= 0.6 is 0 Å². The number of rotatable bonds is 1. The Labute approximate surface area is 84.8 Å². The van der Waals surface area contributed by atoms with Gasteiger partial charge in [-0.3, -0.25) is 0 Å². The molecule has 0 bridgehead atoms. The van der Waals surface area contributed by atoms with Gasteiger partial charge in [-0.1, -0.05) is 18.2 Å². The fourth-order valence-electron chi connectivity index (χ4n) is 1.21. The molecule has 0 aliphatic rings. The van der Waals surface area contributed by atoms with E-state index >= 15 is 0 Å². The third-order valence-electron chi connectivity index (χ3n) is 1.91. The predicted molar refractivity (Wildman–Crippen MR) is 49.9 cm³/mol. The van der Waals surface area contributed by atoms with E-state index in [-0.39, 0.29) is 0 Å². The zero-order chi connectivity index (χ0) is 10.8. The van der Waals surface area contributed by atoms with Gasteiger partial charge < -0.3 is 5.11 Å². The Kier molecular flexibility index (Phi) is 2.10. The molecule has 1 aromatic carbocycles. The maximum absolute atomic E-state index is 13.2. The van der Waals surface area contributed by atoms with Crippen LogP contribution in [0.5, 0.6) is 5.88 Å². The van der Waals surface area contributed by atoms with E-state index in [0.29, 0.717) is 5.69 Å². The number of hydrogen-bond donors (Lipinski definition) is 1. The smallest absolute Gasteiger partial charge is 0.252 e. The first-order valence-corrected chi connectivity index (χ1v) is 4.17. The van der Waals surface area contributed by atoms with E-state index in [2.05, 4.69) is 5.10 Å². The molecule has 2 rings (SSSR count). The SMILES string of the molecule is N#Cc1nn(-c2ccccc2)c(O)c1F. The molecule has 2 aromatic rings. The third kappa shape index (κ3) is 1.42. The molecule has 5 heteroatoms. The summed E-state index contributed by atoms with van der Waals surface area (Å²) >= 11 is 0. The molecule has 0 radical (unpaired) electrons. The van der Waals surface area contributed by atoms with Crippen LogP contribution in [0.1, 0.15) is 5.69 Å². The van der Waals surface area contributed by atoms with Crippen molar-refractivity contribution in [3.8, 4) is 17.6 Å². The Morgan fingerprint density at radius 3 is 2.53 bits per heavy atom. The van der Waals surface area contributed by atoms with Gasteiger partial charge in [0.05, 0.1) is 5.69 Å². The largest absolute Gasteiger partial charge is 0.491 e. The lowest BCUT2D eigenvalue weighted by Crippen LogP contribution is -1.95. The number of hydrogen-bond acceptors (Lipinski definition) is 3. The van der Waals surface area contributed by atoms with Crippen LogP contribution in [-0.2, 0) is 0 Å². The first kappa shape index (κ1) is 9.21. The zero-order valence-corrected chi connectivity index (χ0v) is 7.55. The van der Waals surface area contributed by atoms with Gasteiger partial charge in [-0.05, 0) is 12.1 Å². The van der Waals surface area contributed by atoms with Crippen molar-refractivity contribution in [3.05, 3.63) is 41.8 Å². The molecule has 0 atom stereocenters. The van der Waals surface area contributed by atoms with Gasteiger partial charge in [0.1, 0.15) is 6.07 Å². The molecule has 74 valence electrons.